The highest BCUT2D eigenvalue weighted by Crippen LogP contribution is 2.30. The Balaban J connectivity index is 2.49. The summed E-state index contributed by atoms with van der Waals surface area (Å²) in [5, 5.41) is 0. The average Bonchev–Trinajstić information content (AvgIpc) is 2.50. The lowest BCUT2D eigenvalue weighted by Gasteiger charge is -2.14. The minimum atomic E-state index is -0.0575. The average molecular weight is 157 g/mol. The van der Waals surface area contributed by atoms with E-state index in [1.54, 1.807) is 0 Å². The Hall–Kier alpha value is -0.610. The molecular formula is C7H15N3O. The second kappa shape index (κ2) is 3.69. The van der Waals surface area contributed by atoms with Gasteiger partial charge in [0.25, 0.3) is 0 Å². The van der Waals surface area contributed by atoms with E-state index in [1.807, 2.05) is 0 Å². The smallest absolute Gasteiger partial charge is 0.237 e. The number of hydrogen-bond acceptors (Lipinski definition) is 3. The van der Waals surface area contributed by atoms with Crippen molar-refractivity contribution in [1.29, 1.82) is 0 Å². The van der Waals surface area contributed by atoms with Crippen LogP contribution in [0.25, 0.3) is 0 Å². The molecule has 11 heavy (non-hydrogen) atoms. The molecule has 64 valence electrons. The van der Waals surface area contributed by atoms with Gasteiger partial charge in [0.1, 0.15) is 0 Å². The first-order valence-electron chi connectivity index (χ1n) is 4.00. The first-order valence-corrected chi connectivity index (χ1v) is 4.00. The van der Waals surface area contributed by atoms with Gasteiger partial charge in [-0.2, -0.15) is 0 Å². The van der Waals surface area contributed by atoms with Crippen LogP contribution in [-0.4, -0.2) is 12.5 Å². The monoisotopic (exact) mass is 157 g/mol. The van der Waals surface area contributed by atoms with Crippen LogP contribution in [0, 0.1) is 11.8 Å². The molecule has 4 nitrogen and oxygen atoms in total. The topological polar surface area (TPSA) is 81.1 Å². The second-order valence-corrected chi connectivity index (χ2v) is 3.04. The molecule has 1 amide bonds. The zero-order chi connectivity index (χ0) is 8.27. The van der Waals surface area contributed by atoms with Gasteiger partial charge in [0, 0.05) is 5.92 Å². The first-order chi connectivity index (χ1) is 5.29. The van der Waals surface area contributed by atoms with Gasteiger partial charge in [0.15, 0.2) is 0 Å². The molecule has 1 saturated carbocycles. The minimum Gasteiger partial charge on any atom is -0.330 e. The highest BCUT2D eigenvalue weighted by molar-refractivity contribution is 5.78. The van der Waals surface area contributed by atoms with Crippen LogP contribution in [0.3, 0.4) is 0 Å². The number of nitrogens with two attached hydrogens (primary N) is 2. The van der Waals surface area contributed by atoms with Gasteiger partial charge in [-0.3, -0.25) is 10.2 Å². The lowest BCUT2D eigenvalue weighted by atomic mass is 9.96. The van der Waals surface area contributed by atoms with Gasteiger partial charge in [-0.05, 0) is 25.3 Å². The molecule has 0 saturated heterocycles. The van der Waals surface area contributed by atoms with E-state index in [9.17, 15) is 4.79 Å². The highest BCUT2D eigenvalue weighted by atomic mass is 16.2. The van der Waals surface area contributed by atoms with Crippen molar-refractivity contribution in [2.75, 3.05) is 6.54 Å². The van der Waals surface area contributed by atoms with Gasteiger partial charge >= 0.3 is 0 Å². The molecule has 1 rings (SSSR count). The molecule has 0 aromatic rings. The molecule has 0 bridgehead atoms. The van der Waals surface area contributed by atoms with Gasteiger partial charge < -0.3 is 5.73 Å². The summed E-state index contributed by atoms with van der Waals surface area (Å²) in [6.07, 6.45) is 3.10. The number of carbonyl (C=O) groups is 1. The molecule has 0 spiro atoms. The van der Waals surface area contributed by atoms with Crippen molar-refractivity contribution < 1.29 is 4.79 Å². The fourth-order valence-electron chi connectivity index (χ4n) is 1.77. The summed E-state index contributed by atoms with van der Waals surface area (Å²) in [7, 11) is 0. The van der Waals surface area contributed by atoms with Crippen LogP contribution in [0.15, 0.2) is 0 Å². The molecule has 1 aliphatic rings. The summed E-state index contributed by atoms with van der Waals surface area (Å²) < 4.78 is 0. The van der Waals surface area contributed by atoms with E-state index in [0.29, 0.717) is 12.5 Å². The van der Waals surface area contributed by atoms with Crippen LogP contribution >= 0.6 is 0 Å². The maximum Gasteiger partial charge on any atom is 0.237 e. The third-order valence-corrected chi connectivity index (χ3v) is 2.44. The second-order valence-electron chi connectivity index (χ2n) is 3.04. The fourth-order valence-corrected chi connectivity index (χ4v) is 1.77. The molecule has 0 unspecified atom stereocenters. The van der Waals surface area contributed by atoms with Gasteiger partial charge in [-0.25, -0.2) is 5.84 Å². The third-order valence-electron chi connectivity index (χ3n) is 2.44. The molecule has 4 heteroatoms. The Morgan fingerprint density at radius 1 is 1.55 bits per heavy atom. The SMILES string of the molecule is NC[C@@H]1CCC[C@@H]1C(=O)NN. The molecule has 5 N–H and O–H groups in total. The van der Waals surface area contributed by atoms with E-state index in [1.165, 1.54) is 0 Å². The van der Waals surface area contributed by atoms with Gasteiger partial charge in [0.05, 0.1) is 0 Å². The largest absolute Gasteiger partial charge is 0.330 e. The summed E-state index contributed by atoms with van der Waals surface area (Å²) in [5.74, 6) is 5.38. The van der Waals surface area contributed by atoms with Crippen molar-refractivity contribution in [1.82, 2.24) is 5.43 Å². The normalized spacial score (nSPS) is 30.4. The van der Waals surface area contributed by atoms with Crippen molar-refractivity contribution in [3.8, 4) is 0 Å². The summed E-state index contributed by atoms with van der Waals surface area (Å²) in [5.41, 5.74) is 7.67. The van der Waals surface area contributed by atoms with Crippen molar-refractivity contribution in [3.63, 3.8) is 0 Å². The van der Waals surface area contributed by atoms with Gasteiger partial charge in [-0.1, -0.05) is 6.42 Å². The lowest BCUT2D eigenvalue weighted by Crippen LogP contribution is -2.38. The number of nitrogens with one attached hydrogen (secondary N) is 1. The molecule has 0 aromatic carbocycles. The Morgan fingerprint density at radius 2 is 2.27 bits per heavy atom. The predicted octanol–water partition coefficient (Wildman–Crippen LogP) is -0.649. The van der Waals surface area contributed by atoms with Crippen LogP contribution in [0.5, 0.6) is 0 Å². The quantitative estimate of drug-likeness (QED) is 0.283. The third kappa shape index (κ3) is 1.70. The summed E-state index contributed by atoms with van der Waals surface area (Å²) in [6.45, 7) is 0.595. The maximum atomic E-state index is 11.1. The predicted molar refractivity (Wildman–Crippen MR) is 42.2 cm³/mol. The standard InChI is InChI=1S/C7H15N3O/c8-4-5-2-1-3-6(5)7(11)10-9/h5-6H,1-4,8-9H2,(H,10,11)/t5-,6-/m0/s1. The van der Waals surface area contributed by atoms with Gasteiger partial charge in [-0.15, -0.1) is 0 Å². The molecule has 2 atom stereocenters. The zero-order valence-corrected chi connectivity index (χ0v) is 6.55. The van der Waals surface area contributed by atoms with E-state index >= 15 is 0 Å². The zero-order valence-electron chi connectivity index (χ0n) is 6.55. The Kier molecular flexibility index (Phi) is 2.84. The van der Waals surface area contributed by atoms with Crippen molar-refractivity contribution >= 4 is 5.91 Å². The fraction of sp³-hybridized carbons (Fsp3) is 0.857. The molecular weight excluding hydrogens is 142 g/mol. The summed E-state index contributed by atoms with van der Waals surface area (Å²) >= 11 is 0. The number of carbonyl (C=O) groups excluding carboxylic acids is 1. The first kappa shape index (κ1) is 8.49. The van der Waals surface area contributed by atoms with Crippen LogP contribution in [0.4, 0.5) is 0 Å². The molecule has 0 aromatic heterocycles. The highest BCUT2D eigenvalue weighted by Gasteiger charge is 2.31. The van der Waals surface area contributed by atoms with E-state index in [-0.39, 0.29) is 11.8 Å². The maximum absolute atomic E-state index is 11.1. The summed E-state index contributed by atoms with van der Waals surface area (Å²) in [6, 6.07) is 0. The van der Waals surface area contributed by atoms with Crippen LogP contribution in [0.1, 0.15) is 19.3 Å². The van der Waals surface area contributed by atoms with Crippen molar-refractivity contribution in [2.45, 2.75) is 19.3 Å². The molecule has 0 aliphatic heterocycles. The van der Waals surface area contributed by atoms with Crippen LogP contribution in [-0.2, 0) is 4.79 Å². The van der Waals surface area contributed by atoms with E-state index < -0.39 is 0 Å². The Labute approximate surface area is 66.3 Å². The molecule has 0 radical (unpaired) electrons. The minimum absolute atomic E-state index is 0.0575. The Morgan fingerprint density at radius 3 is 2.82 bits per heavy atom. The van der Waals surface area contributed by atoms with Crippen LogP contribution in [0.2, 0.25) is 0 Å². The number of rotatable bonds is 2. The van der Waals surface area contributed by atoms with Crippen molar-refractivity contribution in [2.24, 2.45) is 23.4 Å². The number of amides is 1. The molecule has 1 fully saturated rings. The van der Waals surface area contributed by atoms with Gasteiger partial charge in [0.2, 0.25) is 5.91 Å². The van der Waals surface area contributed by atoms with E-state index in [4.69, 9.17) is 11.6 Å². The van der Waals surface area contributed by atoms with Crippen molar-refractivity contribution in [3.05, 3.63) is 0 Å². The number of hydrogen-bond donors (Lipinski definition) is 3. The molecule has 0 heterocycles. The number of hydrazine groups is 1. The van der Waals surface area contributed by atoms with E-state index in [0.717, 1.165) is 19.3 Å². The van der Waals surface area contributed by atoms with Crippen LogP contribution < -0.4 is 17.0 Å². The summed E-state index contributed by atoms with van der Waals surface area (Å²) in [4.78, 5) is 11.1. The van der Waals surface area contributed by atoms with E-state index in [2.05, 4.69) is 5.43 Å². The lowest BCUT2D eigenvalue weighted by molar-refractivity contribution is -0.126. The molecule has 1 aliphatic carbocycles. The Bertz CT molecular complexity index is 149.